The van der Waals surface area contributed by atoms with Crippen LogP contribution in [0.5, 0.6) is 5.75 Å². The summed E-state index contributed by atoms with van der Waals surface area (Å²) in [6, 6.07) is 8.88. The summed E-state index contributed by atoms with van der Waals surface area (Å²) in [5.41, 5.74) is 0.771. The van der Waals surface area contributed by atoms with Crippen LogP contribution in [0.1, 0.15) is 31.9 Å². The summed E-state index contributed by atoms with van der Waals surface area (Å²) in [6.45, 7) is 4.26. The number of nitriles is 1. The average Bonchev–Trinajstić information content (AvgIpc) is 2.39. The molecule has 0 aliphatic heterocycles. The number of ether oxygens (including phenoxy) is 1. The van der Waals surface area contributed by atoms with Gasteiger partial charge in [0, 0.05) is 13.5 Å². The summed E-state index contributed by atoms with van der Waals surface area (Å²) in [5, 5.41) is 9.23. The molecule has 0 heterocycles. The molecule has 1 aromatic carbocycles. The SMILES string of the molecule is CCOc1cccc(C(C#N)N(C)C(=O)CC)c1. The molecule has 0 aliphatic carbocycles. The van der Waals surface area contributed by atoms with Gasteiger partial charge in [0.15, 0.2) is 0 Å². The van der Waals surface area contributed by atoms with Crippen LogP contribution in [0.3, 0.4) is 0 Å². The van der Waals surface area contributed by atoms with Crippen molar-refractivity contribution < 1.29 is 9.53 Å². The molecule has 0 bridgehead atoms. The van der Waals surface area contributed by atoms with E-state index < -0.39 is 6.04 Å². The van der Waals surface area contributed by atoms with Crippen molar-refractivity contribution in [1.82, 2.24) is 4.90 Å². The Balaban J connectivity index is 2.98. The molecule has 0 aliphatic rings. The summed E-state index contributed by atoms with van der Waals surface area (Å²) in [5.74, 6) is 0.663. The minimum Gasteiger partial charge on any atom is -0.494 e. The van der Waals surface area contributed by atoms with Crippen LogP contribution in [0.2, 0.25) is 0 Å². The molecule has 0 saturated heterocycles. The summed E-state index contributed by atoms with van der Waals surface area (Å²) in [7, 11) is 1.65. The fourth-order valence-electron chi connectivity index (χ4n) is 1.72. The van der Waals surface area contributed by atoms with Gasteiger partial charge in [-0.15, -0.1) is 0 Å². The molecule has 96 valence electrons. The van der Waals surface area contributed by atoms with Gasteiger partial charge in [-0.2, -0.15) is 5.26 Å². The van der Waals surface area contributed by atoms with E-state index in [0.717, 1.165) is 5.56 Å². The molecule has 0 N–H and O–H groups in total. The Morgan fingerprint density at radius 1 is 1.50 bits per heavy atom. The molecule has 4 heteroatoms. The zero-order valence-electron chi connectivity index (χ0n) is 11.0. The van der Waals surface area contributed by atoms with Crippen molar-refractivity contribution in [3.63, 3.8) is 0 Å². The minimum atomic E-state index is -0.571. The van der Waals surface area contributed by atoms with E-state index in [4.69, 9.17) is 4.74 Å². The first-order valence-corrected chi connectivity index (χ1v) is 6.02. The lowest BCUT2D eigenvalue weighted by Gasteiger charge is -2.22. The second-order valence-electron chi connectivity index (χ2n) is 3.90. The highest BCUT2D eigenvalue weighted by Gasteiger charge is 2.20. The highest BCUT2D eigenvalue weighted by molar-refractivity contribution is 5.76. The van der Waals surface area contributed by atoms with E-state index in [9.17, 15) is 10.1 Å². The Bertz CT molecular complexity index is 451. The molecule has 4 nitrogen and oxygen atoms in total. The number of benzene rings is 1. The predicted octanol–water partition coefficient (Wildman–Crippen LogP) is 2.52. The number of hydrogen-bond acceptors (Lipinski definition) is 3. The van der Waals surface area contributed by atoms with Gasteiger partial charge in [-0.05, 0) is 24.6 Å². The van der Waals surface area contributed by atoms with Gasteiger partial charge in [-0.25, -0.2) is 0 Å². The second kappa shape index (κ2) is 6.65. The first-order chi connectivity index (χ1) is 8.63. The zero-order valence-corrected chi connectivity index (χ0v) is 11.0. The van der Waals surface area contributed by atoms with Gasteiger partial charge in [-0.3, -0.25) is 4.79 Å². The van der Waals surface area contributed by atoms with Crippen molar-refractivity contribution in [2.45, 2.75) is 26.3 Å². The molecule has 1 rings (SSSR count). The third-order valence-corrected chi connectivity index (χ3v) is 2.69. The van der Waals surface area contributed by atoms with E-state index >= 15 is 0 Å². The van der Waals surface area contributed by atoms with Crippen molar-refractivity contribution in [1.29, 1.82) is 5.26 Å². The number of amides is 1. The molecule has 1 atom stereocenters. The van der Waals surface area contributed by atoms with Gasteiger partial charge in [0.1, 0.15) is 11.8 Å². The molecular formula is C14H18N2O2. The molecule has 1 unspecified atom stereocenters. The lowest BCUT2D eigenvalue weighted by Crippen LogP contribution is -2.29. The Morgan fingerprint density at radius 3 is 2.78 bits per heavy atom. The highest BCUT2D eigenvalue weighted by Crippen LogP contribution is 2.23. The minimum absolute atomic E-state index is 0.0524. The average molecular weight is 246 g/mol. The number of carbonyl (C=O) groups excluding carboxylic acids is 1. The van der Waals surface area contributed by atoms with E-state index in [2.05, 4.69) is 6.07 Å². The third kappa shape index (κ3) is 3.24. The van der Waals surface area contributed by atoms with Crippen molar-refractivity contribution in [2.24, 2.45) is 0 Å². The fraction of sp³-hybridized carbons (Fsp3) is 0.429. The Kier molecular flexibility index (Phi) is 5.19. The van der Waals surface area contributed by atoms with Crippen molar-refractivity contribution >= 4 is 5.91 Å². The van der Waals surface area contributed by atoms with Gasteiger partial charge in [-0.1, -0.05) is 19.1 Å². The number of nitrogens with zero attached hydrogens (tertiary/aromatic N) is 2. The van der Waals surface area contributed by atoms with Crippen LogP contribution in [0.25, 0.3) is 0 Å². The fourth-order valence-corrected chi connectivity index (χ4v) is 1.72. The van der Waals surface area contributed by atoms with E-state index in [-0.39, 0.29) is 5.91 Å². The molecule has 18 heavy (non-hydrogen) atoms. The van der Waals surface area contributed by atoms with E-state index in [1.165, 1.54) is 4.90 Å². The molecule has 0 saturated carbocycles. The van der Waals surface area contributed by atoms with Gasteiger partial charge < -0.3 is 9.64 Å². The number of rotatable bonds is 5. The predicted molar refractivity (Wildman–Crippen MR) is 69.0 cm³/mol. The smallest absolute Gasteiger partial charge is 0.223 e. The van der Waals surface area contributed by atoms with E-state index in [1.807, 2.05) is 25.1 Å². The van der Waals surface area contributed by atoms with Crippen molar-refractivity contribution in [2.75, 3.05) is 13.7 Å². The molecule has 1 aromatic rings. The van der Waals surface area contributed by atoms with Crippen LogP contribution in [-0.4, -0.2) is 24.5 Å². The molecule has 0 fully saturated rings. The lowest BCUT2D eigenvalue weighted by atomic mass is 10.1. The second-order valence-corrected chi connectivity index (χ2v) is 3.90. The Labute approximate surface area is 108 Å². The third-order valence-electron chi connectivity index (χ3n) is 2.69. The molecule has 0 aromatic heterocycles. The normalized spacial score (nSPS) is 11.4. The Hall–Kier alpha value is -2.02. The van der Waals surface area contributed by atoms with Crippen LogP contribution >= 0.6 is 0 Å². The monoisotopic (exact) mass is 246 g/mol. The maximum Gasteiger partial charge on any atom is 0.223 e. The van der Waals surface area contributed by atoms with Gasteiger partial charge in [0.2, 0.25) is 5.91 Å². The van der Waals surface area contributed by atoms with Crippen LogP contribution in [0, 0.1) is 11.3 Å². The van der Waals surface area contributed by atoms with E-state index in [0.29, 0.717) is 18.8 Å². The number of hydrogen-bond donors (Lipinski definition) is 0. The topological polar surface area (TPSA) is 53.3 Å². The highest BCUT2D eigenvalue weighted by atomic mass is 16.5. The first-order valence-electron chi connectivity index (χ1n) is 6.02. The molecule has 0 spiro atoms. The maximum atomic E-state index is 11.6. The molecule has 0 radical (unpaired) electrons. The Morgan fingerprint density at radius 2 is 2.22 bits per heavy atom. The maximum absolute atomic E-state index is 11.6. The lowest BCUT2D eigenvalue weighted by molar-refractivity contribution is -0.130. The van der Waals surface area contributed by atoms with Crippen LogP contribution < -0.4 is 4.74 Å². The van der Waals surface area contributed by atoms with Gasteiger partial charge in [0.05, 0.1) is 12.7 Å². The van der Waals surface area contributed by atoms with Crippen molar-refractivity contribution in [3.8, 4) is 11.8 Å². The van der Waals surface area contributed by atoms with Gasteiger partial charge in [0.25, 0.3) is 0 Å². The summed E-state index contributed by atoms with van der Waals surface area (Å²) < 4.78 is 5.39. The zero-order chi connectivity index (χ0) is 13.5. The first kappa shape index (κ1) is 14.0. The summed E-state index contributed by atoms with van der Waals surface area (Å²) >= 11 is 0. The summed E-state index contributed by atoms with van der Waals surface area (Å²) in [6.07, 6.45) is 0.389. The summed E-state index contributed by atoms with van der Waals surface area (Å²) in [4.78, 5) is 13.1. The van der Waals surface area contributed by atoms with Gasteiger partial charge >= 0.3 is 0 Å². The van der Waals surface area contributed by atoms with Crippen LogP contribution in [0.15, 0.2) is 24.3 Å². The van der Waals surface area contributed by atoms with Crippen molar-refractivity contribution in [3.05, 3.63) is 29.8 Å². The molecule has 1 amide bonds. The largest absolute Gasteiger partial charge is 0.494 e. The molecular weight excluding hydrogens is 228 g/mol. The number of carbonyl (C=O) groups is 1. The van der Waals surface area contributed by atoms with Crippen LogP contribution in [0.4, 0.5) is 0 Å². The standard InChI is InChI=1S/C14H18N2O2/c1-4-14(17)16(3)13(10-15)11-7-6-8-12(9-11)18-5-2/h6-9,13H,4-5H2,1-3H3. The quantitative estimate of drug-likeness (QED) is 0.802. The van der Waals surface area contributed by atoms with E-state index in [1.54, 1.807) is 20.0 Å². The van der Waals surface area contributed by atoms with Crippen LogP contribution in [-0.2, 0) is 4.79 Å².